The average Bonchev–Trinajstić information content (AvgIpc) is 2.91. The molecule has 0 N–H and O–H groups in total. The molecule has 0 spiro atoms. The van der Waals surface area contributed by atoms with Gasteiger partial charge in [0.25, 0.3) is 0 Å². The highest BCUT2D eigenvalue weighted by Crippen LogP contribution is 2.56. The second kappa shape index (κ2) is 4.45. The van der Waals surface area contributed by atoms with E-state index in [1.165, 1.54) is 11.9 Å². The van der Waals surface area contributed by atoms with E-state index in [2.05, 4.69) is 0 Å². The lowest BCUT2D eigenvalue weighted by atomic mass is 9.80. The van der Waals surface area contributed by atoms with E-state index < -0.39 is 37.0 Å². The third-order valence-electron chi connectivity index (χ3n) is 2.90. The maximum absolute atomic E-state index is 12.4. The van der Waals surface area contributed by atoms with Crippen LogP contribution in [0.2, 0.25) is 5.82 Å². The van der Waals surface area contributed by atoms with Crippen molar-refractivity contribution in [1.29, 1.82) is 0 Å². The van der Waals surface area contributed by atoms with Crippen LogP contribution in [0.5, 0.6) is 0 Å². The van der Waals surface area contributed by atoms with Gasteiger partial charge in [-0.1, -0.05) is 0 Å². The molecule has 0 amide bonds. The predicted octanol–water partition coefficient (Wildman–Crippen LogP) is 0.459. The zero-order valence-corrected chi connectivity index (χ0v) is 9.57. The quantitative estimate of drug-likeness (QED) is 0.644. The summed E-state index contributed by atoms with van der Waals surface area (Å²) >= 11 is 0. The maximum atomic E-state index is 12.4. The van der Waals surface area contributed by atoms with Crippen molar-refractivity contribution in [2.45, 2.75) is 18.4 Å². The monoisotopic (exact) mass is 265 g/mol. The number of rotatable bonds is 1. The number of carbonyl (C=O) groups is 2. The minimum Gasteiger partial charge on any atom is -0.498 e. The highest BCUT2D eigenvalue weighted by Gasteiger charge is 2.64. The van der Waals surface area contributed by atoms with Gasteiger partial charge in [-0.05, 0) is 13.5 Å². The molecule has 0 aromatic rings. The smallest absolute Gasteiger partial charge is 0.498 e. The summed E-state index contributed by atoms with van der Waals surface area (Å²) in [6.45, 7) is -0.288. The van der Waals surface area contributed by atoms with E-state index >= 15 is 0 Å². The normalized spacial score (nSPS) is 30.3. The van der Waals surface area contributed by atoms with E-state index in [9.17, 15) is 22.8 Å². The Hall–Kier alpha value is -1.25. The van der Waals surface area contributed by atoms with Gasteiger partial charge in [0, 0.05) is 5.82 Å². The molecule has 18 heavy (non-hydrogen) atoms. The van der Waals surface area contributed by atoms with Gasteiger partial charge in [-0.25, -0.2) is 0 Å². The molecule has 2 rings (SSSR count). The lowest BCUT2D eigenvalue weighted by Gasteiger charge is -2.22. The molecule has 1 heterocycles. The van der Waals surface area contributed by atoms with Gasteiger partial charge in [0.05, 0.1) is 19.0 Å². The number of nitrogens with zero attached hydrogens (tertiary/aromatic N) is 1. The average molecular weight is 265 g/mol. The minimum atomic E-state index is -4.34. The van der Waals surface area contributed by atoms with Gasteiger partial charge >= 0.3 is 25.2 Å². The van der Waals surface area contributed by atoms with Crippen LogP contribution < -0.4 is 0 Å². The van der Waals surface area contributed by atoms with Crippen molar-refractivity contribution in [3.8, 4) is 0 Å². The molecule has 2 aliphatic rings. The van der Waals surface area contributed by atoms with E-state index in [1.54, 1.807) is 0 Å². The molecule has 1 aliphatic carbocycles. The highest BCUT2D eigenvalue weighted by molar-refractivity contribution is 6.52. The molecule has 2 atom stereocenters. The first-order valence-electron chi connectivity index (χ1n) is 5.41. The van der Waals surface area contributed by atoms with Crippen LogP contribution in [0.4, 0.5) is 13.2 Å². The van der Waals surface area contributed by atoms with Crippen LogP contribution in [0.15, 0.2) is 0 Å². The third kappa shape index (κ3) is 2.95. The van der Waals surface area contributed by atoms with Crippen LogP contribution in [-0.4, -0.2) is 50.3 Å². The standard InChI is InChI=1S/C9H11BF3NO4/c1-14-3-7(15)17-10(18-8(16)4-14)6-2-5(6)9(11,12)13/h5-6H,2-4H2,1H3/t5-,6?/m0/s1. The third-order valence-corrected chi connectivity index (χ3v) is 2.90. The maximum Gasteiger partial charge on any atom is 0.602 e. The van der Waals surface area contributed by atoms with Gasteiger partial charge in [0.15, 0.2) is 0 Å². The number of carbonyl (C=O) groups excluding carboxylic acids is 2. The lowest BCUT2D eigenvalue weighted by molar-refractivity contribution is -0.152. The molecule has 9 heteroatoms. The SMILES string of the molecule is CN1CC(=O)OB(C2C[C@@H]2C(F)(F)F)OC(=O)C1. The van der Waals surface area contributed by atoms with Gasteiger partial charge in [-0.15, -0.1) is 0 Å². The van der Waals surface area contributed by atoms with Crippen molar-refractivity contribution in [2.24, 2.45) is 5.92 Å². The number of alkyl halides is 3. The van der Waals surface area contributed by atoms with Crippen LogP contribution >= 0.6 is 0 Å². The topological polar surface area (TPSA) is 55.8 Å². The molecule has 0 radical (unpaired) electrons. The lowest BCUT2D eigenvalue weighted by Crippen LogP contribution is -2.43. The molecule has 2 fully saturated rings. The van der Waals surface area contributed by atoms with Crippen molar-refractivity contribution in [1.82, 2.24) is 4.90 Å². The molecule has 0 aromatic heterocycles. The van der Waals surface area contributed by atoms with Gasteiger partial charge in [-0.3, -0.25) is 14.5 Å². The van der Waals surface area contributed by atoms with Crippen LogP contribution in [-0.2, 0) is 18.9 Å². The zero-order valence-electron chi connectivity index (χ0n) is 9.57. The van der Waals surface area contributed by atoms with Crippen molar-refractivity contribution >= 4 is 19.1 Å². The number of likely N-dealkylation sites (N-methyl/N-ethyl adjacent to an activating group) is 1. The fraction of sp³-hybridized carbons (Fsp3) is 0.778. The Bertz CT molecular complexity index is 355. The zero-order chi connectivity index (χ0) is 13.5. The largest absolute Gasteiger partial charge is 0.602 e. The number of halogens is 3. The minimum absolute atomic E-state index is 0.144. The Morgan fingerprint density at radius 1 is 1.22 bits per heavy atom. The van der Waals surface area contributed by atoms with Crippen molar-refractivity contribution < 1.29 is 32.1 Å². The summed E-state index contributed by atoms with van der Waals surface area (Å²) in [6, 6.07) is 0. The first-order valence-corrected chi connectivity index (χ1v) is 5.41. The Kier molecular flexibility index (Phi) is 3.26. The molecule has 1 aliphatic heterocycles. The van der Waals surface area contributed by atoms with Crippen molar-refractivity contribution in [2.75, 3.05) is 20.1 Å². The first-order chi connectivity index (χ1) is 8.27. The molecule has 5 nitrogen and oxygen atoms in total. The van der Waals surface area contributed by atoms with Crippen LogP contribution in [0.25, 0.3) is 0 Å². The van der Waals surface area contributed by atoms with Gasteiger partial charge in [0.1, 0.15) is 0 Å². The summed E-state index contributed by atoms with van der Waals surface area (Å²) in [5.41, 5.74) is 0. The Morgan fingerprint density at radius 3 is 2.11 bits per heavy atom. The van der Waals surface area contributed by atoms with E-state index in [1.807, 2.05) is 0 Å². The summed E-state index contributed by atoms with van der Waals surface area (Å²) in [5, 5.41) is 0. The second-order valence-electron chi connectivity index (χ2n) is 4.57. The number of hydrogen-bond acceptors (Lipinski definition) is 5. The molecule has 1 unspecified atom stereocenters. The first kappa shape index (κ1) is 13.2. The molecule has 0 aromatic carbocycles. The molecule has 1 saturated heterocycles. The van der Waals surface area contributed by atoms with E-state index in [-0.39, 0.29) is 19.5 Å². The summed E-state index contributed by atoms with van der Waals surface area (Å²) in [7, 11) is 0.101. The van der Waals surface area contributed by atoms with E-state index in [0.29, 0.717) is 0 Å². The van der Waals surface area contributed by atoms with Crippen LogP contribution in [0.3, 0.4) is 0 Å². The molecule has 100 valence electrons. The van der Waals surface area contributed by atoms with Crippen molar-refractivity contribution in [3.63, 3.8) is 0 Å². The Morgan fingerprint density at radius 2 is 1.72 bits per heavy atom. The summed E-state index contributed by atoms with van der Waals surface area (Å²) < 4.78 is 46.7. The van der Waals surface area contributed by atoms with Gasteiger partial charge < -0.3 is 9.31 Å². The summed E-state index contributed by atoms with van der Waals surface area (Å²) in [6.07, 6.45) is -4.52. The summed E-state index contributed by atoms with van der Waals surface area (Å²) in [5.74, 6) is -3.91. The van der Waals surface area contributed by atoms with E-state index in [0.717, 1.165) is 0 Å². The van der Waals surface area contributed by atoms with Crippen LogP contribution in [0, 0.1) is 5.92 Å². The van der Waals surface area contributed by atoms with E-state index in [4.69, 9.17) is 9.31 Å². The molecule has 1 saturated carbocycles. The highest BCUT2D eigenvalue weighted by atomic mass is 19.4. The summed E-state index contributed by atoms with van der Waals surface area (Å²) in [4.78, 5) is 24.0. The Labute approximate surface area is 101 Å². The van der Waals surface area contributed by atoms with Gasteiger partial charge in [0.2, 0.25) is 0 Å². The molecular formula is C9H11BF3NO4. The van der Waals surface area contributed by atoms with Gasteiger partial charge in [-0.2, -0.15) is 13.2 Å². The predicted molar refractivity (Wildman–Crippen MR) is 53.3 cm³/mol. The fourth-order valence-electron chi connectivity index (χ4n) is 1.92. The number of hydrogen-bond donors (Lipinski definition) is 0. The molecule has 0 bridgehead atoms. The van der Waals surface area contributed by atoms with Crippen LogP contribution in [0.1, 0.15) is 6.42 Å². The second-order valence-corrected chi connectivity index (χ2v) is 4.57. The molecular weight excluding hydrogens is 254 g/mol. The van der Waals surface area contributed by atoms with Crippen molar-refractivity contribution in [3.05, 3.63) is 0 Å². The Balaban J connectivity index is 2.00. The fourth-order valence-corrected chi connectivity index (χ4v) is 1.92.